The minimum absolute atomic E-state index is 0.206. The van der Waals surface area contributed by atoms with Gasteiger partial charge >= 0.3 is 0 Å². The van der Waals surface area contributed by atoms with E-state index in [9.17, 15) is 13.2 Å². The first kappa shape index (κ1) is 21.1. The molecule has 1 aliphatic heterocycles. The van der Waals surface area contributed by atoms with E-state index < -0.39 is 10.0 Å². The van der Waals surface area contributed by atoms with Crippen LogP contribution in [0.25, 0.3) is 0 Å². The smallest absolute Gasteiger partial charge is 0.274 e. The minimum atomic E-state index is -3.35. The molecule has 1 atom stereocenters. The van der Waals surface area contributed by atoms with Crippen LogP contribution in [-0.4, -0.2) is 38.4 Å². The van der Waals surface area contributed by atoms with Crippen LogP contribution in [0.15, 0.2) is 71.1 Å². The molecule has 1 N–H and O–H groups in total. The molecule has 31 heavy (non-hydrogen) atoms. The number of hydrogen-bond acceptors (Lipinski definition) is 6. The Bertz CT molecular complexity index is 1220. The lowest BCUT2D eigenvalue weighted by Crippen LogP contribution is -2.26. The molecule has 7 nitrogen and oxygen atoms in total. The predicted molar refractivity (Wildman–Crippen MR) is 122 cm³/mol. The van der Waals surface area contributed by atoms with E-state index in [1.807, 2.05) is 17.5 Å². The maximum atomic E-state index is 13.3. The van der Waals surface area contributed by atoms with Crippen molar-refractivity contribution in [2.45, 2.75) is 12.5 Å². The van der Waals surface area contributed by atoms with E-state index in [1.165, 1.54) is 5.01 Å². The van der Waals surface area contributed by atoms with Gasteiger partial charge in [-0.05, 0) is 47.3 Å². The number of anilines is 1. The van der Waals surface area contributed by atoms with Crippen LogP contribution in [0.5, 0.6) is 5.75 Å². The van der Waals surface area contributed by atoms with E-state index in [1.54, 1.807) is 67.0 Å². The van der Waals surface area contributed by atoms with Crippen molar-refractivity contribution < 1.29 is 17.9 Å². The summed E-state index contributed by atoms with van der Waals surface area (Å²) in [5.41, 5.74) is 2.57. The number of ether oxygens (including phenoxy) is 1. The molecular weight excluding hydrogens is 434 g/mol. The zero-order valence-corrected chi connectivity index (χ0v) is 18.6. The maximum absolute atomic E-state index is 13.3. The van der Waals surface area contributed by atoms with Gasteiger partial charge in [0.15, 0.2) is 0 Å². The van der Waals surface area contributed by atoms with Gasteiger partial charge < -0.3 is 4.74 Å². The van der Waals surface area contributed by atoms with Crippen molar-refractivity contribution in [3.05, 3.63) is 82.0 Å². The van der Waals surface area contributed by atoms with Gasteiger partial charge in [-0.1, -0.05) is 24.3 Å². The summed E-state index contributed by atoms with van der Waals surface area (Å²) in [6.07, 6.45) is 1.67. The summed E-state index contributed by atoms with van der Waals surface area (Å²) >= 11 is 1.58. The Morgan fingerprint density at radius 1 is 1.16 bits per heavy atom. The molecule has 3 aromatic rings. The number of carbonyl (C=O) groups excluding carboxylic acids is 1. The zero-order valence-electron chi connectivity index (χ0n) is 17.0. The average molecular weight is 456 g/mol. The van der Waals surface area contributed by atoms with Crippen molar-refractivity contribution in [2.75, 3.05) is 18.1 Å². The first-order valence-corrected chi connectivity index (χ1v) is 12.3. The highest BCUT2D eigenvalue weighted by molar-refractivity contribution is 7.92. The van der Waals surface area contributed by atoms with Crippen molar-refractivity contribution in [3.63, 3.8) is 0 Å². The summed E-state index contributed by atoms with van der Waals surface area (Å²) in [7, 11) is -1.78. The second-order valence-corrected chi connectivity index (χ2v) is 9.84. The SMILES string of the molecule is COc1cccc(C(=O)N2N=C(c3ccc(NS(C)(=O)=O)cc3)C[C@H]2c2cccs2)c1. The fourth-order valence-electron chi connectivity index (χ4n) is 3.41. The van der Waals surface area contributed by atoms with Gasteiger partial charge in [-0.15, -0.1) is 11.3 Å². The largest absolute Gasteiger partial charge is 0.497 e. The number of thiophene rings is 1. The van der Waals surface area contributed by atoms with Gasteiger partial charge in [0, 0.05) is 22.5 Å². The molecule has 1 amide bonds. The van der Waals surface area contributed by atoms with E-state index in [4.69, 9.17) is 4.74 Å². The van der Waals surface area contributed by atoms with E-state index in [0.717, 1.165) is 22.4 Å². The third-order valence-corrected chi connectivity index (χ3v) is 6.41. The van der Waals surface area contributed by atoms with E-state index in [2.05, 4.69) is 9.82 Å². The van der Waals surface area contributed by atoms with Crippen molar-refractivity contribution in [3.8, 4) is 5.75 Å². The summed E-state index contributed by atoms with van der Waals surface area (Å²) in [6, 6.07) is 17.7. The Hall–Kier alpha value is -3.17. The second-order valence-electron chi connectivity index (χ2n) is 7.12. The Kier molecular flexibility index (Phi) is 5.79. The summed E-state index contributed by atoms with van der Waals surface area (Å²) in [5, 5.41) is 8.17. The quantitative estimate of drug-likeness (QED) is 0.606. The summed E-state index contributed by atoms with van der Waals surface area (Å²) in [4.78, 5) is 14.3. The molecule has 9 heteroatoms. The summed E-state index contributed by atoms with van der Waals surface area (Å²) < 4.78 is 30.6. The highest BCUT2D eigenvalue weighted by Crippen LogP contribution is 2.36. The first-order chi connectivity index (χ1) is 14.8. The molecule has 2 heterocycles. The molecule has 0 unspecified atom stereocenters. The third kappa shape index (κ3) is 4.78. The number of nitrogens with one attached hydrogen (secondary N) is 1. The van der Waals surface area contributed by atoms with Gasteiger partial charge in [0.2, 0.25) is 10.0 Å². The molecule has 0 aliphatic carbocycles. The Balaban J connectivity index is 1.65. The molecule has 1 aliphatic rings. The molecule has 0 saturated heterocycles. The predicted octanol–water partition coefficient (Wildman–Crippen LogP) is 4.12. The molecule has 0 radical (unpaired) electrons. The van der Waals surface area contributed by atoms with E-state index in [0.29, 0.717) is 23.4 Å². The highest BCUT2D eigenvalue weighted by Gasteiger charge is 2.34. The molecule has 0 spiro atoms. The van der Waals surface area contributed by atoms with Gasteiger partial charge in [0.25, 0.3) is 5.91 Å². The van der Waals surface area contributed by atoms with E-state index >= 15 is 0 Å². The topological polar surface area (TPSA) is 88.1 Å². The third-order valence-electron chi connectivity index (χ3n) is 4.83. The molecule has 1 aromatic heterocycles. The van der Waals surface area contributed by atoms with E-state index in [-0.39, 0.29) is 11.9 Å². The number of methoxy groups -OCH3 is 1. The normalized spacial score (nSPS) is 16.1. The number of benzene rings is 2. The molecular formula is C22H21N3O4S2. The standard InChI is InChI=1S/C22H21N3O4S2/c1-29-18-6-3-5-16(13-18)22(26)25-20(21-7-4-12-30-21)14-19(23-25)15-8-10-17(11-9-15)24-31(2,27)28/h3-13,20,24H,14H2,1-2H3/t20-/m0/s1. The number of nitrogens with zero attached hydrogens (tertiary/aromatic N) is 2. The Labute approximate surface area is 185 Å². The van der Waals surface area contributed by atoms with Crippen molar-refractivity contribution in [2.24, 2.45) is 5.10 Å². The van der Waals surface area contributed by atoms with Crippen LogP contribution in [0.1, 0.15) is 33.3 Å². The second kappa shape index (κ2) is 8.52. The molecule has 2 aromatic carbocycles. The summed E-state index contributed by atoms with van der Waals surface area (Å²) in [6.45, 7) is 0. The molecule has 4 rings (SSSR count). The molecule has 160 valence electrons. The Morgan fingerprint density at radius 3 is 2.58 bits per heavy atom. The lowest BCUT2D eigenvalue weighted by atomic mass is 10.0. The number of amides is 1. The molecule has 0 saturated carbocycles. The van der Waals surface area contributed by atoms with Crippen molar-refractivity contribution >= 4 is 38.7 Å². The van der Waals surface area contributed by atoms with Crippen LogP contribution in [0.2, 0.25) is 0 Å². The summed E-state index contributed by atoms with van der Waals surface area (Å²) in [5.74, 6) is 0.401. The van der Waals surface area contributed by atoms with Gasteiger partial charge in [-0.25, -0.2) is 13.4 Å². The van der Waals surface area contributed by atoms with Gasteiger partial charge in [-0.3, -0.25) is 9.52 Å². The Morgan fingerprint density at radius 2 is 1.94 bits per heavy atom. The first-order valence-electron chi connectivity index (χ1n) is 9.51. The number of carbonyl (C=O) groups is 1. The van der Waals surface area contributed by atoms with Crippen LogP contribution in [-0.2, 0) is 10.0 Å². The molecule has 0 bridgehead atoms. The van der Waals surface area contributed by atoms with Gasteiger partial charge in [0.05, 0.1) is 25.1 Å². The fourth-order valence-corrected chi connectivity index (χ4v) is 4.78. The maximum Gasteiger partial charge on any atom is 0.274 e. The minimum Gasteiger partial charge on any atom is -0.497 e. The van der Waals surface area contributed by atoms with Crippen LogP contribution >= 0.6 is 11.3 Å². The number of hydrogen-bond donors (Lipinski definition) is 1. The zero-order chi connectivity index (χ0) is 22.0. The lowest BCUT2D eigenvalue weighted by Gasteiger charge is -2.20. The number of sulfonamides is 1. The highest BCUT2D eigenvalue weighted by atomic mass is 32.2. The fraction of sp³-hybridized carbons (Fsp3) is 0.182. The van der Waals surface area contributed by atoms with Crippen LogP contribution in [0.4, 0.5) is 5.69 Å². The van der Waals surface area contributed by atoms with Gasteiger partial charge in [-0.2, -0.15) is 5.10 Å². The monoisotopic (exact) mass is 455 g/mol. The van der Waals surface area contributed by atoms with Crippen LogP contribution < -0.4 is 9.46 Å². The van der Waals surface area contributed by atoms with Crippen LogP contribution in [0.3, 0.4) is 0 Å². The van der Waals surface area contributed by atoms with Gasteiger partial charge in [0.1, 0.15) is 5.75 Å². The lowest BCUT2D eigenvalue weighted by molar-refractivity contribution is 0.0713. The molecule has 0 fully saturated rings. The van der Waals surface area contributed by atoms with Crippen LogP contribution in [0, 0.1) is 0 Å². The average Bonchev–Trinajstić information content (AvgIpc) is 3.42. The number of hydrazone groups is 1. The van der Waals surface area contributed by atoms with Crippen molar-refractivity contribution in [1.82, 2.24) is 5.01 Å². The number of rotatable bonds is 6. The van der Waals surface area contributed by atoms with Crippen molar-refractivity contribution in [1.29, 1.82) is 0 Å².